The summed E-state index contributed by atoms with van der Waals surface area (Å²) in [6.07, 6.45) is 4.04. The number of esters is 1. The number of aromatic nitrogens is 2. The number of carbonyl (C=O) groups is 1. The summed E-state index contributed by atoms with van der Waals surface area (Å²) in [5, 5.41) is 2.88. The molecule has 1 heterocycles. The second kappa shape index (κ2) is 6.92. The maximum absolute atomic E-state index is 12.1. The lowest BCUT2D eigenvalue weighted by Crippen LogP contribution is -2.38. The van der Waals surface area contributed by atoms with Crippen molar-refractivity contribution < 1.29 is 9.53 Å². The van der Waals surface area contributed by atoms with Gasteiger partial charge in [0.05, 0.1) is 7.11 Å². The van der Waals surface area contributed by atoms with Crippen LogP contribution < -0.4 is 10.9 Å². The number of ether oxygens (including phenoxy) is 1. The van der Waals surface area contributed by atoms with E-state index in [0.29, 0.717) is 6.54 Å². The Bertz CT molecular complexity index is 482. The Morgan fingerprint density at radius 2 is 2.21 bits per heavy atom. The van der Waals surface area contributed by atoms with Gasteiger partial charge in [0, 0.05) is 18.9 Å². The van der Waals surface area contributed by atoms with Gasteiger partial charge in [0.2, 0.25) is 0 Å². The third kappa shape index (κ3) is 3.81. The van der Waals surface area contributed by atoms with Gasteiger partial charge in [-0.25, -0.2) is 9.78 Å². The minimum Gasteiger partial charge on any atom is -0.467 e. The summed E-state index contributed by atoms with van der Waals surface area (Å²) in [7, 11) is 1.33. The van der Waals surface area contributed by atoms with Crippen molar-refractivity contribution >= 4 is 11.8 Å². The van der Waals surface area contributed by atoms with Gasteiger partial charge < -0.3 is 14.6 Å². The summed E-state index contributed by atoms with van der Waals surface area (Å²) in [5.41, 5.74) is -0.223. The predicted molar refractivity (Wildman–Crippen MR) is 73.1 cm³/mol. The van der Waals surface area contributed by atoms with Gasteiger partial charge in [-0.05, 0) is 12.3 Å². The molecule has 6 heteroatoms. The van der Waals surface area contributed by atoms with Gasteiger partial charge in [0.15, 0.2) is 5.82 Å². The van der Waals surface area contributed by atoms with E-state index < -0.39 is 12.0 Å². The van der Waals surface area contributed by atoms with Crippen molar-refractivity contribution in [3.05, 3.63) is 22.7 Å². The molecule has 0 saturated heterocycles. The highest BCUT2D eigenvalue weighted by molar-refractivity contribution is 5.79. The van der Waals surface area contributed by atoms with Crippen LogP contribution in [0.25, 0.3) is 0 Å². The Morgan fingerprint density at radius 3 is 2.74 bits per heavy atom. The SMILES string of the molecule is CCCn1ccnc(NC(C(=O)OC)C(C)C)c1=O. The smallest absolute Gasteiger partial charge is 0.328 e. The van der Waals surface area contributed by atoms with Crippen LogP contribution >= 0.6 is 0 Å². The average Bonchev–Trinajstić information content (AvgIpc) is 2.38. The van der Waals surface area contributed by atoms with Crippen LogP contribution in [-0.2, 0) is 16.1 Å². The van der Waals surface area contributed by atoms with Crippen molar-refractivity contribution in [2.45, 2.75) is 39.8 Å². The van der Waals surface area contributed by atoms with Crippen LogP contribution in [0.5, 0.6) is 0 Å². The molecule has 0 bridgehead atoms. The van der Waals surface area contributed by atoms with Crippen LogP contribution in [0.2, 0.25) is 0 Å². The van der Waals surface area contributed by atoms with Crippen molar-refractivity contribution in [1.82, 2.24) is 9.55 Å². The Morgan fingerprint density at radius 1 is 1.53 bits per heavy atom. The van der Waals surface area contributed by atoms with Crippen LogP contribution in [0.1, 0.15) is 27.2 Å². The topological polar surface area (TPSA) is 73.2 Å². The van der Waals surface area contributed by atoms with E-state index in [1.54, 1.807) is 17.0 Å². The van der Waals surface area contributed by atoms with Crippen LogP contribution in [0, 0.1) is 5.92 Å². The molecule has 1 aromatic rings. The van der Waals surface area contributed by atoms with E-state index in [4.69, 9.17) is 4.74 Å². The molecular formula is C13H21N3O3. The van der Waals surface area contributed by atoms with E-state index in [1.165, 1.54) is 7.11 Å². The van der Waals surface area contributed by atoms with Gasteiger partial charge in [-0.2, -0.15) is 0 Å². The number of hydrogen-bond donors (Lipinski definition) is 1. The van der Waals surface area contributed by atoms with E-state index in [0.717, 1.165) is 6.42 Å². The second-order valence-electron chi connectivity index (χ2n) is 4.66. The van der Waals surface area contributed by atoms with Crippen LogP contribution in [0.4, 0.5) is 5.82 Å². The highest BCUT2D eigenvalue weighted by Gasteiger charge is 2.24. The maximum Gasteiger partial charge on any atom is 0.328 e. The van der Waals surface area contributed by atoms with E-state index in [-0.39, 0.29) is 17.3 Å². The number of anilines is 1. The van der Waals surface area contributed by atoms with Crippen molar-refractivity contribution in [3.63, 3.8) is 0 Å². The molecule has 106 valence electrons. The monoisotopic (exact) mass is 267 g/mol. The zero-order valence-electron chi connectivity index (χ0n) is 11.8. The molecule has 0 aliphatic carbocycles. The van der Waals surface area contributed by atoms with Crippen molar-refractivity contribution in [2.75, 3.05) is 12.4 Å². The molecule has 0 spiro atoms. The van der Waals surface area contributed by atoms with Crippen LogP contribution in [-0.4, -0.2) is 28.7 Å². The standard InChI is InChI=1S/C13H21N3O3/c1-5-7-16-8-6-14-11(12(16)17)15-10(9(2)3)13(18)19-4/h6,8-10H,5,7H2,1-4H3,(H,14,15). The molecule has 19 heavy (non-hydrogen) atoms. The average molecular weight is 267 g/mol. The quantitative estimate of drug-likeness (QED) is 0.786. The Labute approximate surface area is 112 Å². The van der Waals surface area contributed by atoms with E-state index in [2.05, 4.69) is 10.3 Å². The Balaban J connectivity index is 3.00. The zero-order chi connectivity index (χ0) is 14.4. The lowest BCUT2D eigenvalue weighted by Gasteiger charge is -2.20. The number of hydrogen-bond acceptors (Lipinski definition) is 5. The molecule has 1 unspecified atom stereocenters. The molecule has 0 fully saturated rings. The second-order valence-corrected chi connectivity index (χ2v) is 4.66. The van der Waals surface area contributed by atoms with Gasteiger partial charge in [-0.15, -0.1) is 0 Å². The normalized spacial score (nSPS) is 12.3. The Kier molecular flexibility index (Phi) is 5.54. The summed E-state index contributed by atoms with van der Waals surface area (Å²) < 4.78 is 6.30. The molecule has 0 aliphatic heterocycles. The molecule has 6 nitrogen and oxygen atoms in total. The van der Waals surface area contributed by atoms with Crippen LogP contribution in [0.3, 0.4) is 0 Å². The minimum atomic E-state index is -0.581. The van der Waals surface area contributed by atoms with Gasteiger partial charge in [0.25, 0.3) is 5.56 Å². The fourth-order valence-electron chi connectivity index (χ4n) is 1.74. The number of nitrogens with one attached hydrogen (secondary N) is 1. The zero-order valence-corrected chi connectivity index (χ0v) is 11.8. The van der Waals surface area contributed by atoms with Crippen LogP contribution in [0.15, 0.2) is 17.2 Å². The summed E-state index contributed by atoms with van der Waals surface area (Å²) >= 11 is 0. The summed E-state index contributed by atoms with van der Waals surface area (Å²) in [6, 6.07) is -0.581. The number of nitrogens with zero attached hydrogens (tertiary/aromatic N) is 2. The van der Waals surface area contributed by atoms with E-state index in [9.17, 15) is 9.59 Å². The van der Waals surface area contributed by atoms with Crippen molar-refractivity contribution in [1.29, 1.82) is 0 Å². The molecule has 0 saturated carbocycles. The number of carbonyl (C=O) groups excluding carboxylic acids is 1. The molecule has 0 aromatic carbocycles. The molecular weight excluding hydrogens is 246 g/mol. The molecule has 1 rings (SSSR count). The maximum atomic E-state index is 12.1. The highest BCUT2D eigenvalue weighted by Crippen LogP contribution is 2.08. The van der Waals surface area contributed by atoms with Gasteiger partial charge in [-0.1, -0.05) is 20.8 Å². The first-order chi connectivity index (χ1) is 9.01. The minimum absolute atomic E-state index is 0.00604. The number of rotatable bonds is 6. The molecule has 0 radical (unpaired) electrons. The molecule has 1 N–H and O–H groups in total. The first kappa shape index (κ1) is 15.2. The van der Waals surface area contributed by atoms with Gasteiger partial charge in [-0.3, -0.25) is 4.79 Å². The first-order valence-electron chi connectivity index (χ1n) is 6.41. The van der Waals surface area contributed by atoms with Gasteiger partial charge in [0.1, 0.15) is 6.04 Å². The van der Waals surface area contributed by atoms with E-state index >= 15 is 0 Å². The molecule has 1 aromatic heterocycles. The first-order valence-corrected chi connectivity index (χ1v) is 6.41. The molecule has 0 amide bonds. The third-order valence-electron chi connectivity index (χ3n) is 2.79. The van der Waals surface area contributed by atoms with Crippen molar-refractivity contribution in [2.24, 2.45) is 5.92 Å². The fraction of sp³-hybridized carbons (Fsp3) is 0.615. The molecule has 1 atom stereocenters. The lowest BCUT2D eigenvalue weighted by molar-refractivity contribution is -0.142. The number of aryl methyl sites for hydroxylation is 1. The lowest BCUT2D eigenvalue weighted by atomic mass is 10.1. The Hall–Kier alpha value is -1.85. The molecule has 0 aliphatic rings. The predicted octanol–water partition coefficient (Wildman–Crippen LogP) is 1.26. The number of methoxy groups -OCH3 is 1. The highest BCUT2D eigenvalue weighted by atomic mass is 16.5. The van der Waals surface area contributed by atoms with E-state index in [1.807, 2.05) is 20.8 Å². The third-order valence-corrected chi connectivity index (χ3v) is 2.79. The van der Waals surface area contributed by atoms with Gasteiger partial charge >= 0.3 is 5.97 Å². The summed E-state index contributed by atoms with van der Waals surface area (Å²) in [5.74, 6) is -0.226. The summed E-state index contributed by atoms with van der Waals surface area (Å²) in [6.45, 7) is 6.37. The fourth-order valence-corrected chi connectivity index (χ4v) is 1.74. The van der Waals surface area contributed by atoms with Crippen molar-refractivity contribution in [3.8, 4) is 0 Å². The largest absolute Gasteiger partial charge is 0.467 e. The summed E-state index contributed by atoms with van der Waals surface area (Å²) in [4.78, 5) is 27.8.